The third-order valence-electron chi connectivity index (χ3n) is 5.34. The second kappa shape index (κ2) is 11.3. The molecule has 7 heteroatoms. The topological polar surface area (TPSA) is 58.6 Å². The Morgan fingerprint density at radius 3 is 2.30 bits per heavy atom. The largest absolute Gasteiger partial charge is 0.483 e. The first-order valence-corrected chi connectivity index (χ1v) is 11.8. The fourth-order valence-corrected chi connectivity index (χ4v) is 3.90. The van der Waals surface area contributed by atoms with Crippen LogP contribution in [0.1, 0.15) is 56.4 Å². The first-order valence-electron chi connectivity index (χ1n) is 11.1. The molecular weight excluding hydrogens is 459 g/mol. The highest BCUT2D eigenvalue weighted by atomic mass is 35.5. The van der Waals surface area contributed by atoms with Crippen LogP contribution in [-0.4, -0.2) is 34.9 Å². The van der Waals surface area contributed by atoms with Crippen LogP contribution < -0.4 is 10.1 Å². The minimum atomic E-state index is -0.657. The van der Waals surface area contributed by atoms with E-state index in [1.807, 2.05) is 54.5 Å². The molecule has 0 unspecified atom stereocenters. The molecule has 0 aromatic heterocycles. The molecule has 180 valence electrons. The lowest BCUT2D eigenvalue weighted by Gasteiger charge is -2.33. The van der Waals surface area contributed by atoms with Gasteiger partial charge in [0.2, 0.25) is 5.91 Å². The predicted molar refractivity (Wildman–Crippen MR) is 135 cm³/mol. The molecule has 0 aliphatic heterocycles. The number of hydrogen-bond acceptors (Lipinski definition) is 3. The summed E-state index contributed by atoms with van der Waals surface area (Å²) >= 11 is 12.2. The van der Waals surface area contributed by atoms with Crippen LogP contribution in [0, 0.1) is 20.8 Å². The Balaban J connectivity index is 2.32. The second-order valence-electron chi connectivity index (χ2n) is 9.43. The number of aryl methyl sites for hydroxylation is 2. The maximum atomic E-state index is 13.4. The molecule has 0 fully saturated rings. The Bertz CT molecular complexity index is 1020. The van der Waals surface area contributed by atoms with Gasteiger partial charge in [0, 0.05) is 12.1 Å². The van der Waals surface area contributed by atoms with Gasteiger partial charge in [-0.1, -0.05) is 42.3 Å². The molecule has 0 radical (unpaired) electrons. The lowest BCUT2D eigenvalue weighted by molar-refractivity contribution is -0.143. The zero-order valence-corrected chi connectivity index (χ0v) is 22.0. The summed E-state index contributed by atoms with van der Waals surface area (Å²) in [6, 6.07) is 8.54. The van der Waals surface area contributed by atoms with Crippen molar-refractivity contribution in [1.82, 2.24) is 10.2 Å². The lowest BCUT2D eigenvalue weighted by Crippen LogP contribution is -2.54. The molecule has 1 N–H and O–H groups in total. The van der Waals surface area contributed by atoms with E-state index in [2.05, 4.69) is 11.4 Å². The zero-order valence-electron chi connectivity index (χ0n) is 20.5. The highest BCUT2D eigenvalue weighted by molar-refractivity contribution is 6.42. The number of halogens is 2. The Labute approximate surface area is 207 Å². The van der Waals surface area contributed by atoms with Crippen LogP contribution in [0.4, 0.5) is 0 Å². The second-order valence-corrected chi connectivity index (χ2v) is 10.2. The minimum absolute atomic E-state index is 0.176. The summed E-state index contributed by atoms with van der Waals surface area (Å²) in [5, 5.41) is 3.82. The van der Waals surface area contributed by atoms with Gasteiger partial charge in [0.15, 0.2) is 6.61 Å². The molecule has 5 nitrogen and oxygen atoms in total. The van der Waals surface area contributed by atoms with E-state index in [4.69, 9.17) is 27.9 Å². The highest BCUT2D eigenvalue weighted by Gasteiger charge is 2.31. The van der Waals surface area contributed by atoms with Crippen molar-refractivity contribution in [3.05, 3.63) is 62.6 Å². The molecule has 0 heterocycles. The molecule has 0 aliphatic rings. The molecule has 0 spiro atoms. The first kappa shape index (κ1) is 27.0. The van der Waals surface area contributed by atoms with Crippen molar-refractivity contribution in [2.45, 2.75) is 73.0 Å². The number of nitrogens with zero attached hydrogens (tertiary/aromatic N) is 1. The molecule has 2 rings (SSSR count). The molecule has 2 aromatic carbocycles. The third-order valence-corrected chi connectivity index (χ3v) is 6.08. The summed E-state index contributed by atoms with van der Waals surface area (Å²) in [6.45, 7) is 13.6. The SMILES string of the molecule is CC[C@H](C(=O)NC(C)(C)C)N(Cc1ccc(Cl)c(Cl)c1)C(=O)COc1cc(C)cc(C)c1C. The number of benzene rings is 2. The van der Waals surface area contributed by atoms with Gasteiger partial charge in [0.1, 0.15) is 11.8 Å². The normalized spacial score (nSPS) is 12.3. The van der Waals surface area contributed by atoms with Crippen LogP contribution in [-0.2, 0) is 16.1 Å². The first-order chi connectivity index (χ1) is 15.3. The van der Waals surface area contributed by atoms with Crippen LogP contribution in [0.2, 0.25) is 10.0 Å². The van der Waals surface area contributed by atoms with Gasteiger partial charge in [0.25, 0.3) is 5.91 Å². The van der Waals surface area contributed by atoms with Crippen LogP contribution in [0.3, 0.4) is 0 Å². The minimum Gasteiger partial charge on any atom is -0.483 e. The van der Waals surface area contributed by atoms with Gasteiger partial charge in [0.05, 0.1) is 10.0 Å². The Kier molecular flexibility index (Phi) is 9.21. The van der Waals surface area contributed by atoms with Gasteiger partial charge in [-0.15, -0.1) is 0 Å². The van der Waals surface area contributed by atoms with Gasteiger partial charge >= 0.3 is 0 Å². The van der Waals surface area contributed by atoms with Crippen LogP contribution in [0.5, 0.6) is 5.75 Å². The molecule has 2 amide bonds. The number of ether oxygens (including phenoxy) is 1. The standard InChI is InChI=1S/C26H34Cl2N2O3/c1-8-22(25(32)29-26(5,6)7)30(14-19-9-10-20(27)21(28)13-19)24(31)15-33-23-12-16(2)11-17(3)18(23)4/h9-13,22H,8,14-15H2,1-7H3,(H,29,32)/t22-/m1/s1. The van der Waals surface area contributed by atoms with E-state index < -0.39 is 11.6 Å². The number of hydrogen-bond donors (Lipinski definition) is 1. The number of rotatable bonds is 8. The van der Waals surface area contributed by atoms with Gasteiger partial charge < -0.3 is 15.0 Å². The third kappa shape index (κ3) is 7.65. The van der Waals surface area contributed by atoms with Crippen molar-refractivity contribution >= 4 is 35.0 Å². The molecule has 0 saturated carbocycles. The van der Waals surface area contributed by atoms with Crippen molar-refractivity contribution in [2.75, 3.05) is 6.61 Å². The summed E-state index contributed by atoms with van der Waals surface area (Å²) < 4.78 is 5.93. The summed E-state index contributed by atoms with van der Waals surface area (Å²) in [6.07, 6.45) is 0.456. The van der Waals surface area contributed by atoms with Crippen molar-refractivity contribution < 1.29 is 14.3 Å². The average Bonchev–Trinajstić information content (AvgIpc) is 2.70. The van der Waals surface area contributed by atoms with Crippen molar-refractivity contribution in [3.63, 3.8) is 0 Å². The molecule has 33 heavy (non-hydrogen) atoms. The summed E-state index contributed by atoms with van der Waals surface area (Å²) in [5.41, 5.74) is 3.50. The maximum Gasteiger partial charge on any atom is 0.261 e. The van der Waals surface area contributed by atoms with Gasteiger partial charge in [-0.05, 0) is 88.4 Å². The summed E-state index contributed by atoms with van der Waals surface area (Å²) in [4.78, 5) is 28.0. The molecule has 0 bridgehead atoms. The fourth-order valence-electron chi connectivity index (χ4n) is 3.58. The van der Waals surface area contributed by atoms with Crippen molar-refractivity contribution in [1.29, 1.82) is 0 Å². The Hall–Kier alpha value is -2.24. The quantitative estimate of drug-likeness (QED) is 0.489. The van der Waals surface area contributed by atoms with Crippen molar-refractivity contribution in [3.8, 4) is 5.75 Å². The number of amides is 2. The average molecular weight is 493 g/mol. The Morgan fingerprint density at radius 1 is 1.06 bits per heavy atom. The molecule has 0 saturated heterocycles. The van der Waals surface area contributed by atoms with Crippen LogP contribution in [0.15, 0.2) is 30.3 Å². The van der Waals surface area contributed by atoms with E-state index in [1.54, 1.807) is 23.1 Å². The van der Waals surface area contributed by atoms with E-state index in [0.717, 1.165) is 22.3 Å². The van der Waals surface area contributed by atoms with Crippen LogP contribution in [0.25, 0.3) is 0 Å². The van der Waals surface area contributed by atoms with Crippen molar-refractivity contribution in [2.24, 2.45) is 0 Å². The zero-order chi connectivity index (χ0) is 24.9. The number of carbonyl (C=O) groups excluding carboxylic acids is 2. The van der Waals surface area contributed by atoms with E-state index >= 15 is 0 Å². The molecule has 1 atom stereocenters. The molecule has 0 aliphatic carbocycles. The van der Waals surface area contributed by atoms with Gasteiger partial charge in [-0.2, -0.15) is 0 Å². The van der Waals surface area contributed by atoms with Gasteiger partial charge in [-0.3, -0.25) is 9.59 Å². The van der Waals surface area contributed by atoms with Crippen LogP contribution >= 0.6 is 23.2 Å². The van der Waals surface area contributed by atoms with E-state index in [1.165, 1.54) is 0 Å². The van der Waals surface area contributed by atoms with E-state index in [9.17, 15) is 9.59 Å². The number of carbonyl (C=O) groups is 2. The summed E-state index contributed by atoms with van der Waals surface area (Å²) in [7, 11) is 0. The fraction of sp³-hybridized carbons (Fsp3) is 0.462. The molecular formula is C26H34Cl2N2O3. The maximum absolute atomic E-state index is 13.4. The van der Waals surface area contributed by atoms with E-state index in [0.29, 0.717) is 22.2 Å². The highest BCUT2D eigenvalue weighted by Crippen LogP contribution is 2.25. The lowest BCUT2D eigenvalue weighted by atomic mass is 10.1. The predicted octanol–water partition coefficient (Wildman–Crippen LogP) is 6.02. The van der Waals surface area contributed by atoms with E-state index in [-0.39, 0.29) is 25.0 Å². The Morgan fingerprint density at radius 2 is 1.73 bits per heavy atom. The summed E-state index contributed by atoms with van der Waals surface area (Å²) in [5.74, 6) is 0.180. The smallest absolute Gasteiger partial charge is 0.261 e. The number of nitrogens with one attached hydrogen (secondary N) is 1. The van der Waals surface area contributed by atoms with Gasteiger partial charge in [-0.25, -0.2) is 0 Å². The molecule has 2 aromatic rings. The monoisotopic (exact) mass is 492 g/mol.